The summed E-state index contributed by atoms with van der Waals surface area (Å²) in [5.41, 5.74) is 13.9. The monoisotopic (exact) mass is 289 g/mol. The van der Waals surface area contributed by atoms with E-state index in [-0.39, 0.29) is 0 Å². The normalized spacial score (nSPS) is 11.5. The van der Waals surface area contributed by atoms with Crippen molar-refractivity contribution in [3.05, 3.63) is 58.6 Å². The van der Waals surface area contributed by atoms with Crippen LogP contribution in [-0.2, 0) is 0 Å². The Balaban J connectivity index is 2.38. The lowest BCUT2D eigenvalue weighted by Crippen LogP contribution is -2.14. The zero-order valence-electron chi connectivity index (χ0n) is 9.10. The predicted molar refractivity (Wildman–Crippen MR) is 75.4 cm³/mol. The summed E-state index contributed by atoms with van der Waals surface area (Å²) in [6, 6.07) is 15.0. The van der Waals surface area contributed by atoms with Crippen LogP contribution in [0.15, 0.2) is 58.0 Å². The quantitative estimate of drug-likeness (QED) is 0.507. The summed E-state index contributed by atoms with van der Waals surface area (Å²) in [5.74, 6) is 0.418. The Kier molecular flexibility index (Phi) is 3.44. The smallest absolute Gasteiger partial charge is 0.133 e. The molecule has 3 nitrogen and oxygen atoms in total. The predicted octanol–water partition coefficient (Wildman–Crippen LogP) is 3.07. The van der Waals surface area contributed by atoms with Crippen molar-refractivity contribution in [2.45, 2.75) is 0 Å². The number of rotatable bonds is 2. The zero-order valence-corrected chi connectivity index (χ0v) is 10.7. The van der Waals surface area contributed by atoms with E-state index in [1.807, 2.05) is 42.5 Å². The van der Waals surface area contributed by atoms with Crippen LogP contribution < -0.4 is 11.5 Å². The molecule has 0 saturated heterocycles. The highest BCUT2D eigenvalue weighted by Crippen LogP contribution is 2.20. The number of nitrogens with zero attached hydrogens (tertiary/aromatic N) is 1. The largest absolute Gasteiger partial charge is 0.398 e. The molecular weight excluding hydrogens is 278 g/mol. The van der Waals surface area contributed by atoms with Crippen molar-refractivity contribution in [2.24, 2.45) is 10.7 Å². The van der Waals surface area contributed by atoms with Crippen molar-refractivity contribution in [3.63, 3.8) is 0 Å². The Morgan fingerprint density at radius 2 is 1.82 bits per heavy atom. The number of amidine groups is 1. The molecule has 0 fully saturated rings. The zero-order chi connectivity index (χ0) is 12.3. The van der Waals surface area contributed by atoms with E-state index in [2.05, 4.69) is 20.9 Å². The van der Waals surface area contributed by atoms with Crippen molar-refractivity contribution in [1.29, 1.82) is 0 Å². The molecule has 86 valence electrons. The summed E-state index contributed by atoms with van der Waals surface area (Å²) >= 11 is 3.39. The molecule has 0 aromatic heterocycles. The number of halogens is 1. The van der Waals surface area contributed by atoms with Crippen LogP contribution in [0.2, 0.25) is 0 Å². The lowest BCUT2D eigenvalue weighted by Gasteiger charge is -2.04. The van der Waals surface area contributed by atoms with Crippen molar-refractivity contribution in [2.75, 3.05) is 5.73 Å². The minimum absolute atomic E-state index is 0.418. The third-order valence-electron chi connectivity index (χ3n) is 2.29. The van der Waals surface area contributed by atoms with Gasteiger partial charge in [0.2, 0.25) is 0 Å². The van der Waals surface area contributed by atoms with Crippen molar-refractivity contribution < 1.29 is 0 Å². The average Bonchev–Trinajstić information content (AvgIpc) is 2.29. The fourth-order valence-electron chi connectivity index (χ4n) is 1.48. The van der Waals surface area contributed by atoms with Gasteiger partial charge in [-0.15, -0.1) is 0 Å². The molecule has 0 unspecified atom stereocenters. The van der Waals surface area contributed by atoms with Crippen LogP contribution in [-0.4, -0.2) is 5.84 Å². The molecule has 0 atom stereocenters. The van der Waals surface area contributed by atoms with Gasteiger partial charge in [0.1, 0.15) is 5.84 Å². The standard InChI is InChI=1S/C13H12BrN3/c14-9-4-3-5-10(8-9)17-13(16)11-6-1-2-7-12(11)15/h1-8H,15H2,(H2,16,17). The molecule has 2 aromatic rings. The molecule has 0 aliphatic carbocycles. The number of anilines is 1. The van der Waals surface area contributed by atoms with E-state index in [0.717, 1.165) is 15.7 Å². The fourth-order valence-corrected chi connectivity index (χ4v) is 1.86. The maximum Gasteiger partial charge on any atom is 0.133 e. The summed E-state index contributed by atoms with van der Waals surface area (Å²) in [5, 5.41) is 0. The average molecular weight is 290 g/mol. The lowest BCUT2D eigenvalue weighted by molar-refractivity contribution is 1.44. The molecule has 2 rings (SSSR count). The number of hydrogen-bond donors (Lipinski definition) is 2. The first kappa shape index (κ1) is 11.7. The first-order valence-electron chi connectivity index (χ1n) is 5.11. The number of benzene rings is 2. The van der Waals surface area contributed by atoms with Gasteiger partial charge < -0.3 is 11.5 Å². The second kappa shape index (κ2) is 5.01. The van der Waals surface area contributed by atoms with E-state index in [1.165, 1.54) is 0 Å². The second-order valence-electron chi connectivity index (χ2n) is 3.56. The summed E-state index contributed by atoms with van der Waals surface area (Å²) in [6.45, 7) is 0. The van der Waals surface area contributed by atoms with Crippen LogP contribution in [0.3, 0.4) is 0 Å². The van der Waals surface area contributed by atoms with E-state index < -0.39 is 0 Å². The number of aliphatic imine (C=N–C) groups is 1. The van der Waals surface area contributed by atoms with Crippen LogP contribution in [0.5, 0.6) is 0 Å². The van der Waals surface area contributed by atoms with Gasteiger partial charge in [0, 0.05) is 15.7 Å². The summed E-state index contributed by atoms with van der Waals surface area (Å²) < 4.78 is 0.965. The van der Waals surface area contributed by atoms with E-state index >= 15 is 0 Å². The minimum Gasteiger partial charge on any atom is -0.398 e. The first-order valence-corrected chi connectivity index (χ1v) is 5.91. The molecule has 0 saturated carbocycles. The highest BCUT2D eigenvalue weighted by atomic mass is 79.9. The Bertz CT molecular complexity index is 564. The van der Waals surface area contributed by atoms with Crippen LogP contribution in [0.25, 0.3) is 0 Å². The summed E-state index contributed by atoms with van der Waals surface area (Å²) in [6.07, 6.45) is 0. The molecule has 0 aliphatic heterocycles. The summed E-state index contributed by atoms with van der Waals surface area (Å²) in [4.78, 5) is 4.34. The van der Waals surface area contributed by atoms with Crippen LogP contribution in [0.1, 0.15) is 5.56 Å². The topological polar surface area (TPSA) is 64.4 Å². The van der Waals surface area contributed by atoms with Gasteiger partial charge in [-0.25, -0.2) is 4.99 Å². The Morgan fingerprint density at radius 3 is 2.53 bits per heavy atom. The maximum absolute atomic E-state index is 5.93. The van der Waals surface area contributed by atoms with Crippen molar-refractivity contribution in [3.8, 4) is 0 Å². The van der Waals surface area contributed by atoms with Crippen LogP contribution >= 0.6 is 15.9 Å². The van der Waals surface area contributed by atoms with E-state index in [4.69, 9.17) is 11.5 Å². The summed E-state index contributed by atoms with van der Waals surface area (Å²) in [7, 11) is 0. The molecule has 0 heterocycles. The van der Waals surface area contributed by atoms with Crippen LogP contribution in [0.4, 0.5) is 11.4 Å². The van der Waals surface area contributed by atoms with Crippen molar-refractivity contribution >= 4 is 33.1 Å². The molecule has 0 amide bonds. The van der Waals surface area contributed by atoms with Crippen molar-refractivity contribution in [1.82, 2.24) is 0 Å². The molecule has 17 heavy (non-hydrogen) atoms. The SMILES string of the molecule is NC(=Nc1cccc(Br)c1)c1ccccc1N. The van der Waals surface area contributed by atoms with E-state index in [0.29, 0.717) is 11.5 Å². The van der Waals surface area contributed by atoms with E-state index in [1.54, 1.807) is 6.07 Å². The molecule has 0 spiro atoms. The minimum atomic E-state index is 0.418. The maximum atomic E-state index is 5.93. The number of para-hydroxylation sites is 1. The Hall–Kier alpha value is -1.81. The molecule has 4 heteroatoms. The number of nitrogens with two attached hydrogens (primary N) is 2. The van der Waals surface area contributed by atoms with Gasteiger partial charge in [0.15, 0.2) is 0 Å². The third kappa shape index (κ3) is 2.85. The van der Waals surface area contributed by atoms with Gasteiger partial charge in [0.25, 0.3) is 0 Å². The second-order valence-corrected chi connectivity index (χ2v) is 4.48. The van der Waals surface area contributed by atoms with Crippen LogP contribution in [0, 0.1) is 0 Å². The first-order chi connectivity index (χ1) is 8.16. The molecule has 0 radical (unpaired) electrons. The Labute approximate surface area is 108 Å². The fraction of sp³-hybridized carbons (Fsp3) is 0. The van der Waals surface area contributed by atoms with Gasteiger partial charge in [-0.1, -0.05) is 34.1 Å². The number of nitrogen functional groups attached to an aromatic ring is 1. The van der Waals surface area contributed by atoms with Gasteiger partial charge in [0.05, 0.1) is 5.69 Å². The van der Waals surface area contributed by atoms with E-state index in [9.17, 15) is 0 Å². The highest BCUT2D eigenvalue weighted by molar-refractivity contribution is 9.10. The molecule has 2 aromatic carbocycles. The lowest BCUT2D eigenvalue weighted by atomic mass is 10.1. The van der Waals surface area contributed by atoms with Gasteiger partial charge in [-0.05, 0) is 30.3 Å². The molecule has 0 aliphatic rings. The van der Waals surface area contributed by atoms with Gasteiger partial charge in [-0.3, -0.25) is 0 Å². The molecule has 4 N–H and O–H groups in total. The molecule has 0 bridgehead atoms. The van der Waals surface area contributed by atoms with Gasteiger partial charge in [-0.2, -0.15) is 0 Å². The highest BCUT2D eigenvalue weighted by Gasteiger charge is 2.02. The Morgan fingerprint density at radius 1 is 1.06 bits per heavy atom. The third-order valence-corrected chi connectivity index (χ3v) is 2.79. The number of hydrogen-bond acceptors (Lipinski definition) is 2. The molecular formula is C13H12BrN3. The van der Waals surface area contributed by atoms with Gasteiger partial charge >= 0.3 is 0 Å².